The molecule has 0 aromatic heterocycles. The predicted molar refractivity (Wildman–Crippen MR) is 91.3 cm³/mol. The highest BCUT2D eigenvalue weighted by molar-refractivity contribution is 5.68. The van der Waals surface area contributed by atoms with E-state index in [0.29, 0.717) is 13.0 Å². The van der Waals surface area contributed by atoms with Crippen molar-refractivity contribution in [2.45, 2.75) is 38.1 Å². The molecule has 0 radical (unpaired) electrons. The molecule has 0 bridgehead atoms. The van der Waals surface area contributed by atoms with Gasteiger partial charge in [0.05, 0.1) is 6.04 Å². The average molecular weight is 327 g/mol. The van der Waals surface area contributed by atoms with Crippen LogP contribution in [-0.4, -0.2) is 23.2 Å². The van der Waals surface area contributed by atoms with Gasteiger partial charge in [0.1, 0.15) is 12.3 Å². The van der Waals surface area contributed by atoms with Crippen molar-refractivity contribution in [1.29, 1.82) is 0 Å². The van der Waals surface area contributed by atoms with E-state index in [1.165, 1.54) is 0 Å². The minimum atomic E-state index is -1.27. The average Bonchev–Trinajstić information content (AvgIpc) is 2.60. The minimum absolute atomic E-state index is 0.227. The van der Waals surface area contributed by atoms with Gasteiger partial charge in [-0.05, 0) is 24.5 Å². The molecule has 1 saturated heterocycles. The lowest BCUT2D eigenvalue weighted by atomic mass is 9.86. The molecule has 4 heteroatoms. The number of carbonyl (C=O) groups excluding carboxylic acids is 1. The Morgan fingerprint density at radius 1 is 1.17 bits per heavy atom. The summed E-state index contributed by atoms with van der Waals surface area (Å²) >= 11 is 0. The summed E-state index contributed by atoms with van der Waals surface area (Å²) < 4.78 is 20.0. The lowest BCUT2D eigenvalue weighted by Crippen LogP contribution is -2.45. The van der Waals surface area contributed by atoms with E-state index in [2.05, 4.69) is 0 Å². The predicted octanol–water partition coefficient (Wildman–Crippen LogP) is 4.89. The summed E-state index contributed by atoms with van der Waals surface area (Å²) in [6.07, 6.45) is 0.233. The number of ether oxygens (including phenoxy) is 1. The highest BCUT2D eigenvalue weighted by atomic mass is 19.1. The van der Waals surface area contributed by atoms with E-state index in [-0.39, 0.29) is 25.2 Å². The second-order valence-corrected chi connectivity index (χ2v) is 6.53. The van der Waals surface area contributed by atoms with Gasteiger partial charge in [0.15, 0.2) is 0 Å². The first-order valence-electron chi connectivity index (χ1n) is 8.26. The van der Waals surface area contributed by atoms with Crippen molar-refractivity contribution < 1.29 is 13.9 Å². The summed E-state index contributed by atoms with van der Waals surface area (Å²) in [7, 11) is 0. The summed E-state index contributed by atoms with van der Waals surface area (Å²) in [5.41, 5.74) is 0.615. The number of piperidine rings is 1. The number of rotatable bonds is 3. The number of alkyl halides is 1. The molecule has 2 aromatic rings. The third-order valence-electron chi connectivity index (χ3n) is 4.49. The number of halogens is 1. The number of amides is 1. The standard InChI is InChI=1S/C20H22FNO2/c1-20(21)12-13-22(18(14-20)17-10-6-3-7-11-17)19(23)24-15-16-8-4-2-5-9-16/h2-11,18H,12-15H2,1H3/t18-,20-/m0/s1. The van der Waals surface area contributed by atoms with Crippen LogP contribution in [0.15, 0.2) is 60.7 Å². The van der Waals surface area contributed by atoms with Gasteiger partial charge in [-0.2, -0.15) is 0 Å². The molecule has 2 aromatic carbocycles. The van der Waals surface area contributed by atoms with Crippen molar-refractivity contribution in [2.24, 2.45) is 0 Å². The van der Waals surface area contributed by atoms with Gasteiger partial charge in [-0.1, -0.05) is 60.7 Å². The van der Waals surface area contributed by atoms with Crippen LogP contribution < -0.4 is 0 Å². The lowest BCUT2D eigenvalue weighted by molar-refractivity contribution is 0.0175. The Labute approximate surface area is 142 Å². The maximum absolute atomic E-state index is 14.5. The topological polar surface area (TPSA) is 29.5 Å². The second kappa shape index (κ2) is 7.04. The normalized spacial score (nSPS) is 23.8. The van der Waals surface area contributed by atoms with Crippen LogP contribution in [0.5, 0.6) is 0 Å². The van der Waals surface area contributed by atoms with Crippen LogP contribution in [0.3, 0.4) is 0 Å². The minimum Gasteiger partial charge on any atom is -0.445 e. The zero-order valence-corrected chi connectivity index (χ0v) is 13.8. The van der Waals surface area contributed by atoms with E-state index in [4.69, 9.17) is 4.74 Å². The van der Waals surface area contributed by atoms with Gasteiger partial charge in [0.25, 0.3) is 0 Å². The Balaban J connectivity index is 1.73. The summed E-state index contributed by atoms with van der Waals surface area (Å²) in [6, 6.07) is 18.9. The SMILES string of the molecule is C[C@]1(F)CCN(C(=O)OCc2ccccc2)[C@H](c2ccccc2)C1. The molecular formula is C20H22FNO2. The van der Waals surface area contributed by atoms with Gasteiger partial charge in [-0.3, -0.25) is 0 Å². The zero-order chi connectivity index (χ0) is 17.0. The largest absolute Gasteiger partial charge is 0.445 e. The lowest BCUT2D eigenvalue weighted by Gasteiger charge is -2.40. The van der Waals surface area contributed by atoms with Gasteiger partial charge in [0.2, 0.25) is 0 Å². The van der Waals surface area contributed by atoms with Gasteiger partial charge in [0, 0.05) is 13.0 Å². The van der Waals surface area contributed by atoms with Crippen molar-refractivity contribution in [3.05, 3.63) is 71.8 Å². The number of hydrogen-bond donors (Lipinski definition) is 0. The number of carbonyl (C=O) groups is 1. The maximum Gasteiger partial charge on any atom is 0.410 e. The molecule has 0 spiro atoms. The number of benzene rings is 2. The number of nitrogens with zero attached hydrogens (tertiary/aromatic N) is 1. The Morgan fingerprint density at radius 3 is 2.46 bits per heavy atom. The zero-order valence-electron chi connectivity index (χ0n) is 13.8. The molecule has 0 saturated carbocycles. The van der Waals surface area contributed by atoms with E-state index in [1.807, 2.05) is 60.7 Å². The summed E-state index contributed by atoms with van der Waals surface area (Å²) in [5, 5.41) is 0. The van der Waals surface area contributed by atoms with Crippen LogP contribution in [0.1, 0.15) is 36.9 Å². The van der Waals surface area contributed by atoms with Crippen LogP contribution in [0.4, 0.5) is 9.18 Å². The van der Waals surface area contributed by atoms with Crippen LogP contribution in [-0.2, 0) is 11.3 Å². The smallest absolute Gasteiger partial charge is 0.410 e. The monoisotopic (exact) mass is 327 g/mol. The first kappa shape index (κ1) is 16.5. The highest BCUT2D eigenvalue weighted by Crippen LogP contribution is 2.38. The van der Waals surface area contributed by atoms with Crippen molar-refractivity contribution in [3.8, 4) is 0 Å². The van der Waals surface area contributed by atoms with Gasteiger partial charge in [-0.25, -0.2) is 9.18 Å². The molecule has 0 unspecified atom stereocenters. The number of hydrogen-bond acceptors (Lipinski definition) is 2. The van der Waals surface area contributed by atoms with Crippen LogP contribution in [0.2, 0.25) is 0 Å². The molecule has 126 valence electrons. The molecular weight excluding hydrogens is 305 g/mol. The quantitative estimate of drug-likeness (QED) is 0.803. The van der Waals surface area contributed by atoms with Crippen LogP contribution in [0, 0.1) is 0 Å². The first-order valence-corrected chi connectivity index (χ1v) is 8.26. The Morgan fingerprint density at radius 2 is 1.79 bits per heavy atom. The Kier molecular flexibility index (Phi) is 4.84. The second-order valence-electron chi connectivity index (χ2n) is 6.53. The van der Waals surface area contributed by atoms with E-state index < -0.39 is 5.67 Å². The third-order valence-corrected chi connectivity index (χ3v) is 4.49. The van der Waals surface area contributed by atoms with Gasteiger partial charge < -0.3 is 9.64 Å². The number of likely N-dealkylation sites (tertiary alicyclic amines) is 1. The molecule has 1 heterocycles. The maximum atomic E-state index is 14.5. The molecule has 1 aliphatic heterocycles. The van der Waals surface area contributed by atoms with E-state index in [9.17, 15) is 9.18 Å². The molecule has 0 N–H and O–H groups in total. The van der Waals surface area contributed by atoms with E-state index >= 15 is 0 Å². The molecule has 1 amide bonds. The van der Waals surface area contributed by atoms with Crippen molar-refractivity contribution in [3.63, 3.8) is 0 Å². The molecule has 1 aliphatic rings. The van der Waals surface area contributed by atoms with E-state index in [0.717, 1.165) is 11.1 Å². The third kappa shape index (κ3) is 3.94. The molecule has 1 fully saturated rings. The highest BCUT2D eigenvalue weighted by Gasteiger charge is 2.39. The van der Waals surface area contributed by atoms with Crippen molar-refractivity contribution in [2.75, 3.05) is 6.54 Å². The van der Waals surface area contributed by atoms with Gasteiger partial charge >= 0.3 is 6.09 Å². The Bertz CT molecular complexity index is 673. The molecule has 3 nitrogen and oxygen atoms in total. The summed E-state index contributed by atoms with van der Waals surface area (Å²) in [5.74, 6) is 0. The van der Waals surface area contributed by atoms with E-state index in [1.54, 1.807) is 11.8 Å². The van der Waals surface area contributed by atoms with Crippen molar-refractivity contribution in [1.82, 2.24) is 4.90 Å². The summed E-state index contributed by atoms with van der Waals surface area (Å²) in [4.78, 5) is 14.2. The molecule has 3 rings (SSSR count). The van der Waals surface area contributed by atoms with Crippen LogP contribution >= 0.6 is 0 Å². The fraction of sp³-hybridized carbons (Fsp3) is 0.350. The van der Waals surface area contributed by atoms with Gasteiger partial charge in [-0.15, -0.1) is 0 Å². The van der Waals surface area contributed by atoms with Crippen LogP contribution in [0.25, 0.3) is 0 Å². The molecule has 0 aliphatic carbocycles. The Hall–Kier alpha value is -2.36. The fourth-order valence-corrected chi connectivity index (χ4v) is 3.12. The summed E-state index contributed by atoms with van der Waals surface area (Å²) in [6.45, 7) is 2.19. The fourth-order valence-electron chi connectivity index (χ4n) is 3.12. The first-order chi connectivity index (χ1) is 11.6. The molecule has 24 heavy (non-hydrogen) atoms. The molecule has 2 atom stereocenters. The van der Waals surface area contributed by atoms with Crippen molar-refractivity contribution >= 4 is 6.09 Å².